The van der Waals surface area contributed by atoms with Crippen LogP contribution in [0.15, 0.2) is 67.0 Å². The van der Waals surface area contributed by atoms with Crippen molar-refractivity contribution in [3.63, 3.8) is 0 Å². The van der Waals surface area contributed by atoms with Crippen LogP contribution in [0, 0.1) is 0 Å². The summed E-state index contributed by atoms with van der Waals surface area (Å²) in [4.78, 5) is 17.9. The Kier molecular flexibility index (Phi) is 5.15. The number of hydrogen-bond donors (Lipinski definition) is 1. The van der Waals surface area contributed by atoms with Crippen molar-refractivity contribution in [1.82, 2.24) is 20.1 Å². The normalized spacial score (nSPS) is 17.6. The zero-order valence-corrected chi connectivity index (χ0v) is 18.0. The van der Waals surface area contributed by atoms with Crippen molar-refractivity contribution >= 4 is 16.8 Å². The maximum absolute atomic E-state index is 13.4. The standard InChI is InChI=1S/C24H19F3N4O3/c1-31-19-13-15(4-5-16(19)14-29-31)22(32)30-23(10-12-33-20-3-2-11-28-21(20)23)17-6-8-18(9-7-17)34-24(25,26)27/h2-9,11,13-14H,10,12H2,1H3,(H,30,32)/t23-/m0/s1. The maximum Gasteiger partial charge on any atom is 0.573 e. The molecule has 0 radical (unpaired) electrons. The highest BCUT2D eigenvalue weighted by atomic mass is 19.4. The number of nitrogens with one attached hydrogen (secondary N) is 1. The molecule has 0 unspecified atom stereocenters. The summed E-state index contributed by atoms with van der Waals surface area (Å²) in [7, 11) is 1.79. The fraction of sp³-hybridized carbons (Fsp3) is 0.208. The third-order valence-electron chi connectivity index (χ3n) is 5.83. The van der Waals surface area contributed by atoms with E-state index in [0.29, 0.717) is 29.0 Å². The van der Waals surface area contributed by atoms with Gasteiger partial charge in [0.1, 0.15) is 22.7 Å². The van der Waals surface area contributed by atoms with Gasteiger partial charge in [0.25, 0.3) is 5.91 Å². The molecule has 0 saturated carbocycles. The predicted molar refractivity (Wildman–Crippen MR) is 116 cm³/mol. The molecule has 174 valence electrons. The van der Waals surface area contributed by atoms with Crippen LogP contribution in [0.5, 0.6) is 11.5 Å². The van der Waals surface area contributed by atoms with E-state index in [9.17, 15) is 18.0 Å². The molecule has 0 saturated heterocycles. The summed E-state index contributed by atoms with van der Waals surface area (Å²) >= 11 is 0. The predicted octanol–water partition coefficient (Wildman–Crippen LogP) is 4.32. The van der Waals surface area contributed by atoms with Crippen LogP contribution in [0.2, 0.25) is 0 Å². The first-order valence-electron chi connectivity index (χ1n) is 10.4. The first-order valence-corrected chi connectivity index (χ1v) is 10.4. The van der Waals surface area contributed by atoms with Crippen LogP contribution in [0.3, 0.4) is 0 Å². The van der Waals surface area contributed by atoms with E-state index < -0.39 is 11.9 Å². The summed E-state index contributed by atoms with van der Waals surface area (Å²) in [6, 6.07) is 14.1. The molecule has 1 aliphatic heterocycles. The maximum atomic E-state index is 13.4. The van der Waals surface area contributed by atoms with Gasteiger partial charge in [-0.3, -0.25) is 14.5 Å². The van der Waals surface area contributed by atoms with E-state index in [1.165, 1.54) is 24.3 Å². The number of hydrogen-bond acceptors (Lipinski definition) is 5. The summed E-state index contributed by atoms with van der Waals surface area (Å²) in [5, 5.41) is 8.19. The summed E-state index contributed by atoms with van der Waals surface area (Å²) in [5.74, 6) is -0.225. The number of aromatic nitrogens is 3. The number of nitrogens with zero attached hydrogens (tertiary/aromatic N) is 3. The number of fused-ring (bicyclic) bond motifs is 2. The van der Waals surface area contributed by atoms with Crippen molar-refractivity contribution in [3.05, 3.63) is 83.8 Å². The molecule has 1 atom stereocenters. The van der Waals surface area contributed by atoms with Crippen LogP contribution >= 0.6 is 0 Å². The summed E-state index contributed by atoms with van der Waals surface area (Å²) < 4.78 is 49.3. The molecule has 2 aromatic carbocycles. The quantitative estimate of drug-likeness (QED) is 0.483. The Morgan fingerprint density at radius 2 is 1.97 bits per heavy atom. The molecule has 0 spiro atoms. The number of carbonyl (C=O) groups excluding carboxylic acids is 1. The monoisotopic (exact) mass is 468 g/mol. The highest BCUT2D eigenvalue weighted by molar-refractivity contribution is 5.98. The van der Waals surface area contributed by atoms with Gasteiger partial charge >= 0.3 is 6.36 Å². The summed E-state index contributed by atoms with van der Waals surface area (Å²) in [6.07, 6.45) is -1.18. The smallest absolute Gasteiger partial charge is 0.491 e. The van der Waals surface area contributed by atoms with Gasteiger partial charge in [-0.05, 0) is 42.0 Å². The SMILES string of the molecule is Cn1ncc2ccc(C(=O)N[C@]3(c4ccc(OC(F)(F)F)cc4)CCOc4cccnc43)cc21. The van der Waals surface area contributed by atoms with Crippen molar-refractivity contribution in [2.45, 2.75) is 18.3 Å². The zero-order chi connectivity index (χ0) is 23.9. The van der Waals surface area contributed by atoms with Crippen LogP contribution in [0.4, 0.5) is 13.2 Å². The average molecular weight is 468 g/mol. The van der Waals surface area contributed by atoms with Gasteiger partial charge in [0.2, 0.25) is 0 Å². The molecule has 0 bridgehead atoms. The van der Waals surface area contributed by atoms with Crippen molar-refractivity contribution in [3.8, 4) is 11.5 Å². The molecule has 1 N–H and O–H groups in total. The Hall–Kier alpha value is -4.08. The summed E-state index contributed by atoms with van der Waals surface area (Å²) in [6.45, 7) is 0.278. The molecule has 34 heavy (non-hydrogen) atoms. The Bertz CT molecular complexity index is 1370. The molecule has 0 aliphatic carbocycles. The largest absolute Gasteiger partial charge is 0.573 e. The van der Waals surface area contributed by atoms with Gasteiger partial charge in [-0.1, -0.05) is 18.2 Å². The zero-order valence-electron chi connectivity index (χ0n) is 18.0. The Morgan fingerprint density at radius 1 is 1.18 bits per heavy atom. The number of amides is 1. The van der Waals surface area contributed by atoms with E-state index in [0.717, 1.165) is 10.9 Å². The molecule has 5 rings (SSSR count). The van der Waals surface area contributed by atoms with Crippen LogP contribution in [0.1, 0.15) is 28.0 Å². The lowest BCUT2D eigenvalue weighted by molar-refractivity contribution is -0.274. The number of benzene rings is 2. The second kappa shape index (κ2) is 8.05. The van der Waals surface area contributed by atoms with Crippen LogP contribution in [-0.2, 0) is 12.6 Å². The number of halogens is 3. The number of aryl methyl sites for hydroxylation is 1. The fourth-order valence-corrected chi connectivity index (χ4v) is 4.23. The molecule has 3 heterocycles. The topological polar surface area (TPSA) is 78.3 Å². The minimum atomic E-state index is -4.80. The Labute approximate surface area is 192 Å². The van der Waals surface area contributed by atoms with Crippen molar-refractivity contribution in [2.24, 2.45) is 7.05 Å². The fourth-order valence-electron chi connectivity index (χ4n) is 4.23. The van der Waals surface area contributed by atoms with Crippen LogP contribution in [0.25, 0.3) is 10.9 Å². The third-order valence-corrected chi connectivity index (χ3v) is 5.83. The van der Waals surface area contributed by atoms with Crippen molar-refractivity contribution < 1.29 is 27.4 Å². The van der Waals surface area contributed by atoms with E-state index in [4.69, 9.17) is 4.74 Å². The second-order valence-corrected chi connectivity index (χ2v) is 7.92. The van der Waals surface area contributed by atoms with Gasteiger partial charge in [0.05, 0.1) is 18.3 Å². The number of carbonyl (C=O) groups is 1. The molecule has 4 aromatic rings. The Morgan fingerprint density at radius 3 is 2.74 bits per heavy atom. The third kappa shape index (κ3) is 3.91. The minimum absolute atomic E-state index is 0.278. The number of ether oxygens (including phenoxy) is 2. The minimum Gasteiger partial charge on any atom is -0.491 e. The van der Waals surface area contributed by atoms with Crippen molar-refractivity contribution in [2.75, 3.05) is 6.61 Å². The van der Waals surface area contributed by atoms with E-state index in [1.54, 1.807) is 48.4 Å². The number of pyridine rings is 1. The van der Waals surface area contributed by atoms with E-state index >= 15 is 0 Å². The molecule has 1 amide bonds. The van der Waals surface area contributed by atoms with Gasteiger partial charge in [-0.25, -0.2) is 0 Å². The molecule has 10 heteroatoms. The second-order valence-electron chi connectivity index (χ2n) is 7.92. The van der Waals surface area contributed by atoms with Gasteiger partial charge in [-0.15, -0.1) is 13.2 Å². The highest BCUT2D eigenvalue weighted by Gasteiger charge is 2.43. The van der Waals surface area contributed by atoms with Crippen LogP contribution in [-0.4, -0.2) is 33.6 Å². The number of alkyl halides is 3. The van der Waals surface area contributed by atoms with Gasteiger partial charge in [-0.2, -0.15) is 5.10 Å². The molecule has 2 aromatic heterocycles. The summed E-state index contributed by atoms with van der Waals surface area (Å²) in [5.41, 5.74) is 1.11. The first kappa shape index (κ1) is 21.7. The van der Waals surface area contributed by atoms with Gasteiger partial charge in [0, 0.05) is 30.6 Å². The highest BCUT2D eigenvalue weighted by Crippen LogP contribution is 2.41. The lowest BCUT2D eigenvalue weighted by atomic mass is 9.81. The molecular formula is C24H19F3N4O3. The average Bonchev–Trinajstić information content (AvgIpc) is 3.19. The van der Waals surface area contributed by atoms with Gasteiger partial charge in [0.15, 0.2) is 0 Å². The molecule has 1 aliphatic rings. The number of rotatable bonds is 4. The Balaban J connectivity index is 1.57. The first-order chi connectivity index (χ1) is 16.2. The van der Waals surface area contributed by atoms with Crippen LogP contribution < -0.4 is 14.8 Å². The van der Waals surface area contributed by atoms with Crippen molar-refractivity contribution in [1.29, 1.82) is 0 Å². The molecule has 7 nitrogen and oxygen atoms in total. The lowest BCUT2D eigenvalue weighted by Crippen LogP contribution is -2.50. The molecular weight excluding hydrogens is 449 g/mol. The van der Waals surface area contributed by atoms with Gasteiger partial charge < -0.3 is 14.8 Å². The van der Waals surface area contributed by atoms with E-state index in [-0.39, 0.29) is 18.3 Å². The van der Waals surface area contributed by atoms with E-state index in [2.05, 4.69) is 20.1 Å². The lowest BCUT2D eigenvalue weighted by Gasteiger charge is -2.39. The van der Waals surface area contributed by atoms with E-state index in [1.807, 2.05) is 6.07 Å². The molecule has 0 fully saturated rings.